The molecule has 220 valence electrons. The van der Waals surface area contributed by atoms with E-state index in [0.717, 1.165) is 42.8 Å². The molecule has 0 amide bonds. The first-order chi connectivity index (χ1) is 19.8. The zero-order valence-corrected chi connectivity index (χ0v) is 21.8. The maximum absolute atomic E-state index is 15.0. The number of benzene rings is 4. The van der Waals surface area contributed by atoms with Gasteiger partial charge in [0.15, 0.2) is 17.5 Å². The van der Waals surface area contributed by atoms with E-state index < -0.39 is 75.4 Å². The molecule has 0 N–H and O–H groups in total. The summed E-state index contributed by atoms with van der Waals surface area (Å²) in [5, 5.41) is 0. The molecular formula is C31H21F9O2. The Balaban J connectivity index is 1.39. The summed E-state index contributed by atoms with van der Waals surface area (Å²) in [7, 11) is 0. The van der Waals surface area contributed by atoms with Gasteiger partial charge in [-0.3, -0.25) is 0 Å². The molecule has 1 heterocycles. The third-order valence-electron chi connectivity index (χ3n) is 6.98. The van der Waals surface area contributed by atoms with E-state index in [-0.39, 0.29) is 16.7 Å². The van der Waals surface area contributed by atoms with E-state index in [4.69, 9.17) is 4.74 Å². The molecule has 2 atom stereocenters. The zero-order chi connectivity index (χ0) is 30.3. The summed E-state index contributed by atoms with van der Waals surface area (Å²) >= 11 is 0. The number of alkyl halides is 2. The molecule has 0 bridgehead atoms. The van der Waals surface area contributed by atoms with Crippen molar-refractivity contribution in [2.45, 2.75) is 32.0 Å². The van der Waals surface area contributed by atoms with Crippen LogP contribution in [0.4, 0.5) is 39.5 Å². The summed E-state index contributed by atoms with van der Waals surface area (Å²) in [6.07, 6.45) is -3.84. The Morgan fingerprint density at radius 2 is 1.21 bits per heavy atom. The van der Waals surface area contributed by atoms with Crippen LogP contribution in [0.3, 0.4) is 0 Å². The minimum absolute atomic E-state index is 0.102. The van der Waals surface area contributed by atoms with Crippen molar-refractivity contribution in [3.8, 4) is 28.0 Å². The maximum Gasteiger partial charge on any atom is 0.432 e. The second-order valence-electron chi connectivity index (χ2n) is 10.1. The lowest BCUT2D eigenvalue weighted by Gasteiger charge is -2.27. The predicted molar refractivity (Wildman–Crippen MR) is 135 cm³/mol. The maximum atomic E-state index is 15.0. The highest BCUT2D eigenvalue weighted by atomic mass is 19.3. The van der Waals surface area contributed by atoms with E-state index in [9.17, 15) is 39.5 Å². The summed E-state index contributed by atoms with van der Waals surface area (Å²) in [5.41, 5.74) is -3.05. The van der Waals surface area contributed by atoms with Crippen LogP contribution in [0.2, 0.25) is 0 Å². The van der Waals surface area contributed by atoms with Gasteiger partial charge in [0.1, 0.15) is 34.6 Å². The lowest BCUT2D eigenvalue weighted by Crippen LogP contribution is -2.25. The SMILES string of the molecule is CC1CCC(c2cc(F)c(-c3cc(F)c(C(F)(F)Oc4ccc(-c5cc(F)c(F)c(F)c5)cc4)c(F)c3)c(F)c2)OC1. The molecule has 1 aliphatic heterocycles. The summed E-state index contributed by atoms with van der Waals surface area (Å²) in [6.45, 7) is 2.38. The molecule has 0 spiro atoms. The van der Waals surface area contributed by atoms with Crippen molar-refractivity contribution in [2.75, 3.05) is 6.61 Å². The molecule has 0 aliphatic carbocycles. The molecule has 11 heteroatoms. The molecule has 5 rings (SSSR count). The van der Waals surface area contributed by atoms with Gasteiger partial charge >= 0.3 is 6.11 Å². The van der Waals surface area contributed by atoms with Gasteiger partial charge in [-0.2, -0.15) is 8.78 Å². The minimum Gasteiger partial charge on any atom is -0.429 e. The Morgan fingerprint density at radius 3 is 1.74 bits per heavy atom. The third-order valence-corrected chi connectivity index (χ3v) is 6.98. The Morgan fingerprint density at radius 1 is 0.667 bits per heavy atom. The standard InChI is InChI=1S/C31H21F9O2/c1-15-2-7-27(41-14-15)18-10-21(32)28(22(33)11-18)19-12-23(34)29(24(35)13-19)31(39,40)42-20-5-3-16(4-6-20)17-8-25(36)30(38)26(37)9-17/h3-6,8-13,15,27H,2,7,14H2,1H3. The molecule has 1 saturated heterocycles. The number of hydrogen-bond acceptors (Lipinski definition) is 2. The van der Waals surface area contributed by atoms with Gasteiger partial charge in [-0.15, -0.1) is 0 Å². The molecule has 0 saturated carbocycles. The average molecular weight is 596 g/mol. The van der Waals surface area contributed by atoms with Gasteiger partial charge in [-0.05, 0) is 89.5 Å². The second kappa shape index (κ2) is 11.4. The van der Waals surface area contributed by atoms with Crippen LogP contribution in [-0.4, -0.2) is 6.61 Å². The van der Waals surface area contributed by atoms with Crippen molar-refractivity contribution in [1.82, 2.24) is 0 Å². The summed E-state index contributed by atoms with van der Waals surface area (Å²) in [4.78, 5) is 0. The van der Waals surface area contributed by atoms with Crippen molar-refractivity contribution in [3.05, 3.63) is 113 Å². The van der Waals surface area contributed by atoms with E-state index in [2.05, 4.69) is 4.74 Å². The van der Waals surface area contributed by atoms with Crippen LogP contribution in [-0.2, 0) is 10.8 Å². The first kappa shape index (κ1) is 29.5. The van der Waals surface area contributed by atoms with Crippen molar-refractivity contribution in [1.29, 1.82) is 0 Å². The summed E-state index contributed by atoms with van der Waals surface area (Å²) < 4.78 is 140. The molecular weight excluding hydrogens is 575 g/mol. The summed E-state index contributed by atoms with van der Waals surface area (Å²) in [5.74, 6) is -10.8. The van der Waals surface area contributed by atoms with Gasteiger partial charge in [-0.25, -0.2) is 30.7 Å². The van der Waals surface area contributed by atoms with Gasteiger partial charge < -0.3 is 9.47 Å². The van der Waals surface area contributed by atoms with Crippen molar-refractivity contribution >= 4 is 0 Å². The second-order valence-corrected chi connectivity index (χ2v) is 10.1. The Kier molecular flexibility index (Phi) is 7.98. The predicted octanol–water partition coefficient (Wildman–Crippen LogP) is 9.61. The molecule has 42 heavy (non-hydrogen) atoms. The van der Waals surface area contributed by atoms with Crippen LogP contribution in [0, 0.1) is 46.6 Å². The molecule has 2 unspecified atom stereocenters. The highest BCUT2D eigenvalue weighted by molar-refractivity contribution is 5.67. The van der Waals surface area contributed by atoms with Crippen LogP contribution in [0.5, 0.6) is 5.75 Å². The van der Waals surface area contributed by atoms with Crippen molar-refractivity contribution in [3.63, 3.8) is 0 Å². The first-order valence-electron chi connectivity index (χ1n) is 12.8. The van der Waals surface area contributed by atoms with E-state index in [0.29, 0.717) is 43.2 Å². The molecule has 2 nitrogen and oxygen atoms in total. The first-order valence-corrected chi connectivity index (χ1v) is 12.8. The van der Waals surface area contributed by atoms with Crippen molar-refractivity contribution in [2.24, 2.45) is 5.92 Å². The van der Waals surface area contributed by atoms with Crippen molar-refractivity contribution < 1.29 is 49.0 Å². The largest absolute Gasteiger partial charge is 0.432 e. The summed E-state index contributed by atoms with van der Waals surface area (Å²) in [6, 6.07) is 8.20. The molecule has 4 aromatic carbocycles. The van der Waals surface area contributed by atoms with Gasteiger partial charge in [0.05, 0.1) is 11.7 Å². The lowest BCUT2D eigenvalue weighted by molar-refractivity contribution is -0.189. The topological polar surface area (TPSA) is 18.5 Å². The Hall–Kier alpha value is -3.99. The van der Waals surface area contributed by atoms with Gasteiger partial charge in [-0.1, -0.05) is 19.1 Å². The van der Waals surface area contributed by atoms with E-state index in [1.807, 2.05) is 6.92 Å². The third kappa shape index (κ3) is 5.83. The zero-order valence-electron chi connectivity index (χ0n) is 21.8. The van der Waals surface area contributed by atoms with Crippen LogP contribution in [0.15, 0.2) is 60.7 Å². The van der Waals surface area contributed by atoms with E-state index in [1.165, 1.54) is 0 Å². The fraction of sp³-hybridized carbons (Fsp3) is 0.226. The number of hydrogen-bond donors (Lipinski definition) is 0. The molecule has 0 radical (unpaired) electrons. The van der Waals surface area contributed by atoms with E-state index in [1.54, 1.807) is 0 Å². The minimum atomic E-state index is -4.58. The number of halogens is 9. The lowest BCUT2D eigenvalue weighted by atomic mass is 9.93. The molecule has 1 fully saturated rings. The van der Waals surface area contributed by atoms with Gasteiger partial charge in [0.25, 0.3) is 0 Å². The van der Waals surface area contributed by atoms with Gasteiger partial charge in [0.2, 0.25) is 0 Å². The van der Waals surface area contributed by atoms with Crippen LogP contribution in [0.1, 0.15) is 37.0 Å². The van der Waals surface area contributed by atoms with Crippen LogP contribution in [0.25, 0.3) is 22.3 Å². The molecule has 1 aliphatic rings. The smallest absolute Gasteiger partial charge is 0.429 e. The highest BCUT2D eigenvalue weighted by Gasteiger charge is 2.41. The van der Waals surface area contributed by atoms with E-state index >= 15 is 0 Å². The molecule has 0 aromatic heterocycles. The number of rotatable bonds is 6. The van der Waals surface area contributed by atoms with Gasteiger partial charge in [0, 0.05) is 6.61 Å². The molecule has 4 aromatic rings. The Labute approximate surface area is 234 Å². The quantitative estimate of drug-likeness (QED) is 0.163. The van der Waals surface area contributed by atoms with Crippen LogP contribution < -0.4 is 4.74 Å². The Bertz CT molecular complexity index is 1560. The fourth-order valence-electron chi connectivity index (χ4n) is 4.83. The monoisotopic (exact) mass is 596 g/mol. The average Bonchev–Trinajstić information content (AvgIpc) is 2.91. The normalized spacial score (nSPS) is 17.4. The fourth-order valence-corrected chi connectivity index (χ4v) is 4.83. The highest BCUT2D eigenvalue weighted by Crippen LogP contribution is 2.40. The number of ether oxygens (including phenoxy) is 2. The van der Waals surface area contributed by atoms with Crippen LogP contribution >= 0.6 is 0 Å².